The quantitative estimate of drug-likeness (QED) is 0.679. The standard InChI is InChI=1S/C10H19NO3S/c12-10-6-3-1-2-5-9(10)11-7-4-8-15(11,13)14/h9-10,12H,1-8H2. The lowest BCUT2D eigenvalue weighted by atomic mass is 10.1. The van der Waals surface area contributed by atoms with Crippen molar-refractivity contribution in [1.82, 2.24) is 4.31 Å². The van der Waals surface area contributed by atoms with Crippen LogP contribution in [0.5, 0.6) is 0 Å². The second kappa shape index (κ2) is 4.39. The number of rotatable bonds is 1. The van der Waals surface area contributed by atoms with Crippen LogP contribution in [0.2, 0.25) is 0 Å². The van der Waals surface area contributed by atoms with Crippen LogP contribution in [0.1, 0.15) is 38.5 Å². The highest BCUT2D eigenvalue weighted by atomic mass is 32.2. The van der Waals surface area contributed by atoms with Crippen molar-refractivity contribution in [2.24, 2.45) is 0 Å². The van der Waals surface area contributed by atoms with Crippen molar-refractivity contribution < 1.29 is 13.5 Å². The summed E-state index contributed by atoms with van der Waals surface area (Å²) in [6.07, 6.45) is 4.99. The molecule has 0 aromatic rings. The third-order valence-corrected chi connectivity index (χ3v) is 5.42. The molecule has 88 valence electrons. The van der Waals surface area contributed by atoms with Gasteiger partial charge >= 0.3 is 0 Å². The normalized spacial score (nSPS) is 37.7. The molecule has 1 aliphatic carbocycles. The fourth-order valence-corrected chi connectivity index (χ4v) is 4.43. The monoisotopic (exact) mass is 233 g/mol. The third kappa shape index (κ3) is 2.34. The smallest absolute Gasteiger partial charge is 0.214 e. The van der Waals surface area contributed by atoms with E-state index in [0.717, 1.165) is 32.1 Å². The molecule has 0 radical (unpaired) electrons. The fraction of sp³-hybridized carbons (Fsp3) is 1.00. The van der Waals surface area contributed by atoms with E-state index in [1.165, 1.54) is 0 Å². The van der Waals surface area contributed by atoms with Crippen LogP contribution < -0.4 is 0 Å². The summed E-state index contributed by atoms with van der Waals surface area (Å²) >= 11 is 0. The number of aliphatic hydroxyl groups is 1. The van der Waals surface area contributed by atoms with Gasteiger partial charge in [0.15, 0.2) is 0 Å². The lowest BCUT2D eigenvalue weighted by molar-refractivity contribution is 0.0868. The molecule has 1 aliphatic heterocycles. The van der Waals surface area contributed by atoms with Crippen LogP contribution in [0.25, 0.3) is 0 Å². The topological polar surface area (TPSA) is 57.6 Å². The summed E-state index contributed by atoms with van der Waals surface area (Å²) in [5, 5.41) is 9.94. The Morgan fingerprint density at radius 1 is 1.07 bits per heavy atom. The minimum atomic E-state index is -3.06. The molecule has 1 N–H and O–H groups in total. The van der Waals surface area contributed by atoms with Crippen molar-refractivity contribution >= 4 is 10.0 Å². The van der Waals surface area contributed by atoms with Gasteiger partial charge in [0.05, 0.1) is 17.9 Å². The molecule has 1 saturated heterocycles. The molecule has 1 heterocycles. The average Bonchev–Trinajstić information content (AvgIpc) is 2.39. The molecular weight excluding hydrogens is 214 g/mol. The van der Waals surface area contributed by atoms with Crippen LogP contribution in [-0.4, -0.2) is 42.3 Å². The first-order chi connectivity index (χ1) is 7.11. The zero-order valence-electron chi connectivity index (χ0n) is 8.93. The van der Waals surface area contributed by atoms with E-state index in [-0.39, 0.29) is 11.8 Å². The van der Waals surface area contributed by atoms with Gasteiger partial charge in [0.25, 0.3) is 0 Å². The second-order valence-electron chi connectivity index (χ2n) is 4.55. The van der Waals surface area contributed by atoms with Gasteiger partial charge in [0, 0.05) is 6.54 Å². The van der Waals surface area contributed by atoms with E-state index in [0.29, 0.717) is 13.0 Å². The van der Waals surface area contributed by atoms with Gasteiger partial charge in [-0.3, -0.25) is 0 Å². The van der Waals surface area contributed by atoms with Crippen LogP contribution in [0, 0.1) is 0 Å². The van der Waals surface area contributed by atoms with Gasteiger partial charge in [0.2, 0.25) is 10.0 Å². The summed E-state index contributed by atoms with van der Waals surface area (Å²) in [5.41, 5.74) is 0. The Morgan fingerprint density at radius 3 is 2.47 bits per heavy atom. The molecule has 2 rings (SSSR count). The molecule has 0 aromatic heterocycles. The van der Waals surface area contributed by atoms with Crippen LogP contribution in [-0.2, 0) is 10.0 Å². The Labute approximate surface area is 91.3 Å². The van der Waals surface area contributed by atoms with E-state index in [1.807, 2.05) is 0 Å². The highest BCUT2D eigenvalue weighted by Crippen LogP contribution is 2.27. The Bertz CT molecular complexity index is 315. The Hall–Kier alpha value is -0.130. The molecule has 15 heavy (non-hydrogen) atoms. The molecule has 0 bridgehead atoms. The molecule has 4 nitrogen and oxygen atoms in total. The van der Waals surface area contributed by atoms with Crippen molar-refractivity contribution in [1.29, 1.82) is 0 Å². The van der Waals surface area contributed by atoms with Gasteiger partial charge in [-0.25, -0.2) is 8.42 Å². The lowest BCUT2D eigenvalue weighted by Gasteiger charge is -2.28. The number of hydrogen-bond acceptors (Lipinski definition) is 3. The van der Waals surface area contributed by atoms with Crippen LogP contribution in [0.15, 0.2) is 0 Å². The van der Waals surface area contributed by atoms with Gasteiger partial charge in [-0.2, -0.15) is 4.31 Å². The van der Waals surface area contributed by atoms with E-state index < -0.39 is 16.1 Å². The van der Waals surface area contributed by atoms with E-state index in [2.05, 4.69) is 0 Å². The molecule has 1 saturated carbocycles. The maximum atomic E-state index is 11.7. The number of nitrogens with zero attached hydrogens (tertiary/aromatic N) is 1. The molecule has 5 heteroatoms. The molecule has 0 spiro atoms. The van der Waals surface area contributed by atoms with Gasteiger partial charge < -0.3 is 5.11 Å². The molecule has 2 atom stereocenters. The van der Waals surface area contributed by atoms with Crippen LogP contribution in [0.4, 0.5) is 0 Å². The molecular formula is C10H19NO3S. The van der Waals surface area contributed by atoms with Gasteiger partial charge in [0.1, 0.15) is 0 Å². The number of aliphatic hydroxyl groups excluding tert-OH is 1. The van der Waals surface area contributed by atoms with E-state index >= 15 is 0 Å². The Balaban J connectivity index is 2.14. The van der Waals surface area contributed by atoms with E-state index in [1.54, 1.807) is 4.31 Å². The summed E-state index contributed by atoms with van der Waals surface area (Å²) in [6, 6.07) is -0.153. The van der Waals surface area contributed by atoms with Gasteiger partial charge in [-0.05, 0) is 19.3 Å². The van der Waals surface area contributed by atoms with Gasteiger partial charge in [-0.15, -0.1) is 0 Å². The molecule has 0 aromatic carbocycles. The van der Waals surface area contributed by atoms with Crippen LogP contribution >= 0.6 is 0 Å². The SMILES string of the molecule is O=S1(=O)CCCN1C1CCCCCC1O. The fourth-order valence-electron chi connectivity index (χ4n) is 2.64. The van der Waals surface area contributed by atoms with Crippen molar-refractivity contribution in [3.63, 3.8) is 0 Å². The van der Waals surface area contributed by atoms with E-state index in [4.69, 9.17) is 0 Å². The molecule has 2 unspecified atom stereocenters. The summed E-state index contributed by atoms with van der Waals surface area (Å²) in [4.78, 5) is 0. The van der Waals surface area contributed by atoms with Crippen molar-refractivity contribution in [2.45, 2.75) is 50.7 Å². The zero-order chi connectivity index (χ0) is 10.9. The van der Waals surface area contributed by atoms with Crippen molar-refractivity contribution in [2.75, 3.05) is 12.3 Å². The first kappa shape index (κ1) is 11.4. The third-order valence-electron chi connectivity index (χ3n) is 3.45. The highest BCUT2D eigenvalue weighted by molar-refractivity contribution is 7.89. The zero-order valence-corrected chi connectivity index (χ0v) is 9.75. The first-order valence-electron chi connectivity index (χ1n) is 5.79. The molecule has 2 aliphatic rings. The highest BCUT2D eigenvalue weighted by Gasteiger charge is 2.38. The van der Waals surface area contributed by atoms with Gasteiger partial charge in [-0.1, -0.05) is 19.3 Å². The Morgan fingerprint density at radius 2 is 1.80 bits per heavy atom. The van der Waals surface area contributed by atoms with Crippen molar-refractivity contribution in [3.05, 3.63) is 0 Å². The Kier molecular flexibility index (Phi) is 3.33. The first-order valence-corrected chi connectivity index (χ1v) is 7.40. The summed E-state index contributed by atoms with van der Waals surface area (Å²) in [6.45, 7) is 0.601. The predicted molar refractivity (Wildman–Crippen MR) is 58.0 cm³/mol. The minimum absolute atomic E-state index is 0.153. The summed E-state index contributed by atoms with van der Waals surface area (Å²) in [5.74, 6) is 0.260. The van der Waals surface area contributed by atoms with Crippen LogP contribution in [0.3, 0.4) is 0 Å². The maximum absolute atomic E-state index is 11.7. The largest absolute Gasteiger partial charge is 0.391 e. The van der Waals surface area contributed by atoms with Crippen molar-refractivity contribution in [3.8, 4) is 0 Å². The summed E-state index contributed by atoms with van der Waals surface area (Å²) in [7, 11) is -3.06. The maximum Gasteiger partial charge on any atom is 0.214 e. The molecule has 2 fully saturated rings. The van der Waals surface area contributed by atoms with E-state index in [9.17, 15) is 13.5 Å². The summed E-state index contributed by atoms with van der Waals surface area (Å²) < 4.78 is 25.0. The second-order valence-corrected chi connectivity index (χ2v) is 6.59. The minimum Gasteiger partial charge on any atom is -0.391 e. The average molecular weight is 233 g/mol. The molecule has 0 amide bonds. The number of hydrogen-bond donors (Lipinski definition) is 1. The number of sulfonamides is 1. The lowest BCUT2D eigenvalue weighted by Crippen LogP contribution is -2.43. The predicted octanol–water partition coefficient (Wildman–Crippen LogP) is 0.716.